The Balaban J connectivity index is 2.06. The maximum atomic E-state index is 10.9. The lowest BCUT2D eigenvalue weighted by Gasteiger charge is -2.05. The lowest BCUT2D eigenvalue weighted by molar-refractivity contribution is -0.114. The number of carbonyl (C=O) groups is 1. The van der Waals surface area contributed by atoms with Crippen molar-refractivity contribution in [2.24, 2.45) is 0 Å². The Morgan fingerprint density at radius 3 is 2.00 bits per heavy atom. The molecule has 0 spiro atoms. The predicted molar refractivity (Wildman–Crippen MR) is 82.7 cm³/mol. The highest BCUT2D eigenvalue weighted by molar-refractivity contribution is 14.1. The summed E-state index contributed by atoms with van der Waals surface area (Å²) >= 11 is 2.30. The van der Waals surface area contributed by atoms with Crippen LogP contribution in [0.15, 0.2) is 48.5 Å². The number of hydrogen-bond donors (Lipinski definition) is 1. The number of amides is 1. The summed E-state index contributed by atoms with van der Waals surface area (Å²) in [5.41, 5.74) is 3.38. The van der Waals surface area contributed by atoms with Gasteiger partial charge in [0.2, 0.25) is 5.91 Å². The second-order valence-corrected chi connectivity index (χ2v) is 5.43. The Kier molecular flexibility index (Phi) is 4.36. The zero-order valence-electron chi connectivity index (χ0n) is 10.1. The second-order valence-electron chi connectivity index (χ2n) is 4.18. The SMILES string of the molecule is CC(=O)Nc1ccc(Cc2ccc(I)cc2)cc1. The Bertz CT molecular complexity index is 531. The predicted octanol–water partition coefficient (Wildman–Crippen LogP) is 3.84. The van der Waals surface area contributed by atoms with Crippen molar-refractivity contribution in [2.45, 2.75) is 13.3 Å². The van der Waals surface area contributed by atoms with Crippen LogP contribution in [0.2, 0.25) is 0 Å². The van der Waals surface area contributed by atoms with Crippen LogP contribution < -0.4 is 5.32 Å². The van der Waals surface area contributed by atoms with Crippen molar-refractivity contribution in [2.75, 3.05) is 5.32 Å². The molecule has 0 heterocycles. The monoisotopic (exact) mass is 351 g/mol. The van der Waals surface area contributed by atoms with E-state index in [9.17, 15) is 4.79 Å². The van der Waals surface area contributed by atoms with Crippen molar-refractivity contribution in [3.05, 3.63) is 63.2 Å². The molecule has 2 aromatic rings. The molecular weight excluding hydrogens is 337 g/mol. The smallest absolute Gasteiger partial charge is 0.221 e. The second kappa shape index (κ2) is 6.00. The first-order valence-electron chi connectivity index (χ1n) is 5.74. The number of anilines is 1. The molecule has 92 valence electrons. The zero-order chi connectivity index (χ0) is 13.0. The molecule has 0 radical (unpaired) electrons. The third-order valence-corrected chi connectivity index (χ3v) is 3.31. The summed E-state index contributed by atoms with van der Waals surface area (Å²) < 4.78 is 1.25. The number of carbonyl (C=O) groups excluding carboxylic acids is 1. The van der Waals surface area contributed by atoms with Gasteiger partial charge in [0.25, 0.3) is 0 Å². The normalized spacial score (nSPS) is 10.1. The summed E-state index contributed by atoms with van der Waals surface area (Å²) in [7, 11) is 0. The van der Waals surface area contributed by atoms with Gasteiger partial charge in [-0.2, -0.15) is 0 Å². The molecule has 0 fully saturated rings. The van der Waals surface area contributed by atoms with Gasteiger partial charge in [0.15, 0.2) is 0 Å². The van der Waals surface area contributed by atoms with Gasteiger partial charge in [-0.15, -0.1) is 0 Å². The third-order valence-electron chi connectivity index (χ3n) is 2.60. The van der Waals surface area contributed by atoms with Crippen LogP contribution in [0, 0.1) is 3.57 Å². The lowest BCUT2D eigenvalue weighted by Crippen LogP contribution is -2.05. The number of hydrogen-bond acceptors (Lipinski definition) is 1. The molecule has 0 saturated heterocycles. The third kappa shape index (κ3) is 3.84. The first-order chi connectivity index (χ1) is 8.63. The van der Waals surface area contributed by atoms with Crippen molar-refractivity contribution in [3.63, 3.8) is 0 Å². The summed E-state index contributed by atoms with van der Waals surface area (Å²) in [6.45, 7) is 1.51. The highest BCUT2D eigenvalue weighted by Gasteiger charge is 1.98. The molecule has 3 heteroatoms. The Labute approximate surface area is 121 Å². The molecule has 0 aliphatic carbocycles. The van der Waals surface area contributed by atoms with Crippen molar-refractivity contribution < 1.29 is 4.79 Å². The van der Waals surface area contributed by atoms with Gasteiger partial charge in [0.05, 0.1) is 0 Å². The molecule has 2 nitrogen and oxygen atoms in total. The van der Waals surface area contributed by atoms with Crippen LogP contribution in [0.1, 0.15) is 18.1 Å². The molecule has 0 aromatic heterocycles. The van der Waals surface area contributed by atoms with E-state index in [0.29, 0.717) is 0 Å². The van der Waals surface area contributed by atoms with Gasteiger partial charge < -0.3 is 5.32 Å². The minimum atomic E-state index is -0.0413. The van der Waals surface area contributed by atoms with E-state index >= 15 is 0 Å². The molecule has 0 unspecified atom stereocenters. The van der Waals surface area contributed by atoms with Crippen LogP contribution in [0.3, 0.4) is 0 Å². The average Bonchev–Trinajstić information content (AvgIpc) is 2.34. The van der Waals surface area contributed by atoms with Crippen molar-refractivity contribution in [3.8, 4) is 0 Å². The standard InChI is InChI=1S/C15H14INO/c1-11(18)17-15-8-4-13(5-9-15)10-12-2-6-14(16)7-3-12/h2-9H,10H2,1H3,(H,17,18). The van der Waals surface area contributed by atoms with Gasteiger partial charge in [0, 0.05) is 16.2 Å². The Morgan fingerprint density at radius 2 is 1.50 bits per heavy atom. The molecule has 18 heavy (non-hydrogen) atoms. The molecule has 0 aliphatic rings. The fourth-order valence-electron chi connectivity index (χ4n) is 1.75. The topological polar surface area (TPSA) is 29.1 Å². The van der Waals surface area contributed by atoms with E-state index in [0.717, 1.165) is 12.1 Å². The summed E-state index contributed by atoms with van der Waals surface area (Å²) in [6, 6.07) is 16.5. The minimum absolute atomic E-state index is 0.0413. The van der Waals surface area contributed by atoms with Crippen molar-refractivity contribution in [1.29, 1.82) is 0 Å². The van der Waals surface area contributed by atoms with Gasteiger partial charge in [0.1, 0.15) is 0 Å². The Hall–Kier alpha value is -1.36. The fourth-order valence-corrected chi connectivity index (χ4v) is 2.11. The van der Waals surface area contributed by atoms with Gasteiger partial charge in [-0.25, -0.2) is 0 Å². The number of rotatable bonds is 3. The first-order valence-corrected chi connectivity index (χ1v) is 6.82. The molecule has 0 atom stereocenters. The molecular formula is C15H14INO. The first kappa shape index (κ1) is 13.1. The van der Waals surface area contributed by atoms with Gasteiger partial charge in [-0.1, -0.05) is 24.3 Å². The summed E-state index contributed by atoms with van der Waals surface area (Å²) in [6.07, 6.45) is 0.914. The summed E-state index contributed by atoms with van der Waals surface area (Å²) in [5, 5.41) is 2.76. The van der Waals surface area contributed by atoms with E-state index in [1.165, 1.54) is 21.6 Å². The Morgan fingerprint density at radius 1 is 1.00 bits per heavy atom. The van der Waals surface area contributed by atoms with Crippen LogP contribution in [0.25, 0.3) is 0 Å². The van der Waals surface area contributed by atoms with Crippen LogP contribution in [-0.4, -0.2) is 5.91 Å². The van der Waals surface area contributed by atoms with Crippen molar-refractivity contribution in [1.82, 2.24) is 0 Å². The minimum Gasteiger partial charge on any atom is -0.326 e. The maximum absolute atomic E-state index is 10.9. The number of halogens is 1. The molecule has 1 N–H and O–H groups in total. The average molecular weight is 351 g/mol. The van der Waals surface area contributed by atoms with E-state index < -0.39 is 0 Å². The summed E-state index contributed by atoms with van der Waals surface area (Å²) in [5.74, 6) is -0.0413. The van der Waals surface area contributed by atoms with Crippen molar-refractivity contribution >= 4 is 34.2 Å². The van der Waals surface area contributed by atoms with E-state index in [2.05, 4.69) is 52.2 Å². The van der Waals surface area contributed by atoms with E-state index in [4.69, 9.17) is 0 Å². The van der Waals surface area contributed by atoms with Crippen LogP contribution >= 0.6 is 22.6 Å². The number of benzene rings is 2. The fraction of sp³-hybridized carbons (Fsp3) is 0.133. The van der Waals surface area contributed by atoms with Crippen LogP contribution in [0.5, 0.6) is 0 Å². The van der Waals surface area contributed by atoms with Crippen LogP contribution in [-0.2, 0) is 11.2 Å². The highest BCUT2D eigenvalue weighted by Crippen LogP contribution is 2.14. The van der Waals surface area contributed by atoms with Gasteiger partial charge >= 0.3 is 0 Å². The molecule has 1 amide bonds. The van der Waals surface area contributed by atoms with E-state index in [-0.39, 0.29) is 5.91 Å². The van der Waals surface area contributed by atoms with Crippen LogP contribution in [0.4, 0.5) is 5.69 Å². The molecule has 0 bridgehead atoms. The van der Waals surface area contributed by atoms with E-state index in [1.54, 1.807) is 0 Å². The molecule has 0 aliphatic heterocycles. The van der Waals surface area contributed by atoms with Gasteiger partial charge in [-0.05, 0) is 64.4 Å². The quantitative estimate of drug-likeness (QED) is 0.837. The maximum Gasteiger partial charge on any atom is 0.221 e. The highest BCUT2D eigenvalue weighted by atomic mass is 127. The molecule has 0 saturated carbocycles. The lowest BCUT2D eigenvalue weighted by atomic mass is 10.0. The molecule has 2 rings (SSSR count). The largest absolute Gasteiger partial charge is 0.326 e. The van der Waals surface area contributed by atoms with E-state index in [1.807, 2.05) is 24.3 Å². The zero-order valence-corrected chi connectivity index (χ0v) is 12.3. The molecule has 2 aromatic carbocycles. The van der Waals surface area contributed by atoms with Gasteiger partial charge in [-0.3, -0.25) is 4.79 Å². The summed E-state index contributed by atoms with van der Waals surface area (Å²) in [4.78, 5) is 10.9. The number of nitrogens with one attached hydrogen (secondary N) is 1.